The molecule has 0 atom stereocenters. The summed E-state index contributed by atoms with van der Waals surface area (Å²) in [6.07, 6.45) is 7.18. The molecule has 1 aliphatic carbocycles. The van der Waals surface area contributed by atoms with E-state index in [0.717, 1.165) is 24.6 Å². The van der Waals surface area contributed by atoms with Gasteiger partial charge in [0.25, 0.3) is 0 Å². The number of hydrogen-bond donors (Lipinski definition) is 0. The van der Waals surface area contributed by atoms with Crippen molar-refractivity contribution in [2.75, 3.05) is 18.0 Å². The van der Waals surface area contributed by atoms with Gasteiger partial charge >= 0.3 is 0 Å². The SMILES string of the molecule is N#Cc1c(N2CCCC3(CC3)C2)nc2ccccn12. The third-order valence-electron chi connectivity index (χ3n) is 4.54. The van der Waals surface area contributed by atoms with Gasteiger partial charge in [0.1, 0.15) is 11.7 Å². The summed E-state index contributed by atoms with van der Waals surface area (Å²) < 4.78 is 1.89. The van der Waals surface area contributed by atoms with Crippen LogP contribution in [0.5, 0.6) is 0 Å². The maximum absolute atomic E-state index is 9.44. The number of pyridine rings is 1. The molecule has 0 bridgehead atoms. The van der Waals surface area contributed by atoms with Gasteiger partial charge in [0.15, 0.2) is 11.5 Å². The molecule has 0 radical (unpaired) electrons. The monoisotopic (exact) mass is 252 g/mol. The zero-order valence-electron chi connectivity index (χ0n) is 10.8. The smallest absolute Gasteiger partial charge is 0.169 e. The molecule has 3 heterocycles. The van der Waals surface area contributed by atoms with Crippen LogP contribution >= 0.6 is 0 Å². The number of aromatic nitrogens is 2. The Morgan fingerprint density at radius 1 is 1.26 bits per heavy atom. The van der Waals surface area contributed by atoms with Crippen molar-refractivity contribution in [2.45, 2.75) is 25.7 Å². The number of hydrogen-bond acceptors (Lipinski definition) is 3. The van der Waals surface area contributed by atoms with E-state index in [1.54, 1.807) is 0 Å². The number of nitriles is 1. The highest BCUT2D eigenvalue weighted by atomic mass is 15.2. The second-order valence-electron chi connectivity index (χ2n) is 5.85. The molecule has 4 rings (SSSR count). The van der Waals surface area contributed by atoms with E-state index in [0.29, 0.717) is 11.1 Å². The van der Waals surface area contributed by atoms with E-state index in [-0.39, 0.29) is 0 Å². The van der Waals surface area contributed by atoms with Gasteiger partial charge in [0, 0.05) is 19.3 Å². The molecule has 0 aromatic carbocycles. The standard InChI is InChI=1S/C15H16N4/c16-10-12-14(17-13-4-1-2-9-19(12)13)18-8-3-5-15(11-18)6-7-15/h1-2,4,9H,3,5-8,11H2. The van der Waals surface area contributed by atoms with E-state index in [9.17, 15) is 5.26 Å². The third kappa shape index (κ3) is 1.61. The number of piperidine rings is 1. The van der Waals surface area contributed by atoms with Gasteiger partial charge in [-0.05, 0) is 43.2 Å². The predicted molar refractivity (Wildman–Crippen MR) is 73.0 cm³/mol. The molecule has 19 heavy (non-hydrogen) atoms. The van der Waals surface area contributed by atoms with Crippen LogP contribution in [0.3, 0.4) is 0 Å². The first kappa shape index (κ1) is 10.9. The highest BCUT2D eigenvalue weighted by Gasteiger charge is 2.46. The molecule has 96 valence electrons. The van der Waals surface area contributed by atoms with Crippen LogP contribution in [-0.4, -0.2) is 22.5 Å². The zero-order valence-corrected chi connectivity index (χ0v) is 10.8. The molecule has 2 aliphatic rings. The Labute approximate surface area is 112 Å². The minimum atomic E-state index is 0.542. The minimum absolute atomic E-state index is 0.542. The van der Waals surface area contributed by atoms with Crippen molar-refractivity contribution in [3.63, 3.8) is 0 Å². The lowest BCUT2D eigenvalue weighted by atomic mass is 9.95. The van der Waals surface area contributed by atoms with Crippen molar-refractivity contribution in [1.82, 2.24) is 9.38 Å². The van der Waals surface area contributed by atoms with Gasteiger partial charge in [0.2, 0.25) is 0 Å². The van der Waals surface area contributed by atoms with Crippen LogP contribution in [0.15, 0.2) is 24.4 Å². The molecule has 0 N–H and O–H groups in total. The molecule has 1 saturated carbocycles. The van der Waals surface area contributed by atoms with Crippen molar-refractivity contribution in [2.24, 2.45) is 5.41 Å². The largest absolute Gasteiger partial charge is 0.354 e. The number of fused-ring (bicyclic) bond motifs is 1. The van der Waals surface area contributed by atoms with Crippen LogP contribution in [-0.2, 0) is 0 Å². The van der Waals surface area contributed by atoms with Gasteiger partial charge < -0.3 is 4.90 Å². The van der Waals surface area contributed by atoms with Crippen LogP contribution in [0, 0.1) is 16.7 Å². The Bertz CT molecular complexity index is 675. The lowest BCUT2D eigenvalue weighted by Gasteiger charge is -2.33. The summed E-state index contributed by atoms with van der Waals surface area (Å²) in [5.41, 5.74) is 2.08. The fraction of sp³-hybridized carbons (Fsp3) is 0.467. The first-order valence-corrected chi connectivity index (χ1v) is 6.94. The molecule has 1 aliphatic heterocycles. The summed E-state index contributed by atoms with van der Waals surface area (Å²) >= 11 is 0. The van der Waals surface area contributed by atoms with Gasteiger partial charge in [-0.2, -0.15) is 5.26 Å². The van der Waals surface area contributed by atoms with Crippen molar-refractivity contribution < 1.29 is 0 Å². The molecule has 1 spiro atoms. The fourth-order valence-corrected chi connectivity index (χ4v) is 3.28. The molecule has 0 unspecified atom stereocenters. The summed E-state index contributed by atoms with van der Waals surface area (Å²) in [5.74, 6) is 0.875. The Hall–Kier alpha value is -2.02. The topological polar surface area (TPSA) is 44.3 Å². The van der Waals surface area contributed by atoms with Crippen molar-refractivity contribution in [3.05, 3.63) is 30.1 Å². The third-order valence-corrected chi connectivity index (χ3v) is 4.54. The van der Waals surface area contributed by atoms with Crippen molar-refractivity contribution in [3.8, 4) is 6.07 Å². The maximum Gasteiger partial charge on any atom is 0.169 e. The van der Waals surface area contributed by atoms with Gasteiger partial charge in [-0.15, -0.1) is 0 Å². The van der Waals surface area contributed by atoms with Crippen molar-refractivity contribution >= 4 is 11.5 Å². The van der Waals surface area contributed by atoms with Crippen LogP contribution < -0.4 is 4.90 Å². The van der Waals surface area contributed by atoms with Gasteiger partial charge in [-0.3, -0.25) is 4.40 Å². The molecule has 1 saturated heterocycles. The van der Waals surface area contributed by atoms with Gasteiger partial charge in [-0.25, -0.2) is 4.98 Å². The molecule has 2 fully saturated rings. The molecule has 4 heteroatoms. The highest BCUT2D eigenvalue weighted by molar-refractivity contribution is 5.60. The molecular weight excluding hydrogens is 236 g/mol. The molecule has 2 aromatic heterocycles. The number of anilines is 1. The summed E-state index contributed by atoms with van der Waals surface area (Å²) in [6, 6.07) is 8.19. The van der Waals surface area contributed by atoms with E-state index in [4.69, 9.17) is 0 Å². The number of imidazole rings is 1. The van der Waals surface area contributed by atoms with E-state index < -0.39 is 0 Å². The van der Waals surface area contributed by atoms with Crippen LogP contribution in [0.2, 0.25) is 0 Å². The second kappa shape index (κ2) is 3.74. The maximum atomic E-state index is 9.44. The average Bonchev–Trinajstić information content (AvgIpc) is 3.07. The van der Waals surface area contributed by atoms with Crippen LogP contribution in [0.1, 0.15) is 31.4 Å². The molecule has 4 nitrogen and oxygen atoms in total. The average molecular weight is 252 g/mol. The van der Waals surface area contributed by atoms with E-state index in [2.05, 4.69) is 16.0 Å². The Balaban J connectivity index is 1.80. The zero-order chi connectivity index (χ0) is 12.9. The Morgan fingerprint density at radius 2 is 2.16 bits per heavy atom. The molecule has 0 amide bonds. The molecule has 2 aromatic rings. The summed E-state index contributed by atoms with van der Waals surface area (Å²) in [5, 5.41) is 9.44. The lowest BCUT2D eigenvalue weighted by Crippen LogP contribution is -2.37. The first-order chi connectivity index (χ1) is 9.31. The summed E-state index contributed by atoms with van der Waals surface area (Å²) in [7, 11) is 0. The summed E-state index contributed by atoms with van der Waals surface area (Å²) in [6.45, 7) is 2.10. The van der Waals surface area contributed by atoms with Crippen LogP contribution in [0.4, 0.5) is 5.82 Å². The normalized spacial score (nSPS) is 20.7. The van der Waals surface area contributed by atoms with E-state index in [1.165, 1.54) is 25.7 Å². The predicted octanol–water partition coefficient (Wildman–Crippen LogP) is 2.59. The van der Waals surface area contributed by atoms with Crippen molar-refractivity contribution in [1.29, 1.82) is 5.26 Å². The van der Waals surface area contributed by atoms with Crippen LogP contribution in [0.25, 0.3) is 5.65 Å². The molecular formula is C15H16N4. The van der Waals surface area contributed by atoms with Gasteiger partial charge in [-0.1, -0.05) is 6.07 Å². The first-order valence-electron chi connectivity index (χ1n) is 6.94. The quantitative estimate of drug-likeness (QED) is 0.783. The number of nitrogens with zero attached hydrogens (tertiary/aromatic N) is 4. The second-order valence-corrected chi connectivity index (χ2v) is 5.85. The minimum Gasteiger partial charge on any atom is -0.354 e. The number of rotatable bonds is 1. The highest BCUT2D eigenvalue weighted by Crippen LogP contribution is 2.52. The van der Waals surface area contributed by atoms with E-state index >= 15 is 0 Å². The fourth-order valence-electron chi connectivity index (χ4n) is 3.28. The van der Waals surface area contributed by atoms with E-state index in [1.807, 2.05) is 28.8 Å². The summed E-state index contributed by atoms with van der Waals surface area (Å²) in [4.78, 5) is 6.99. The Kier molecular flexibility index (Phi) is 2.14. The lowest BCUT2D eigenvalue weighted by molar-refractivity contribution is 0.393. The Morgan fingerprint density at radius 3 is 2.95 bits per heavy atom. The van der Waals surface area contributed by atoms with Gasteiger partial charge in [0.05, 0.1) is 0 Å².